The molecule has 0 aromatic heterocycles. The molecular formula is C15H17F4NO2. The van der Waals surface area contributed by atoms with Gasteiger partial charge in [0.15, 0.2) is 11.6 Å². The fourth-order valence-electron chi connectivity index (χ4n) is 2.54. The Hall–Kier alpha value is -1.79. The molecule has 0 aliphatic carbocycles. The molecule has 2 rings (SSSR count). The van der Waals surface area contributed by atoms with Gasteiger partial charge in [0.05, 0.1) is 0 Å². The van der Waals surface area contributed by atoms with Crippen molar-refractivity contribution >= 4 is 6.09 Å². The van der Waals surface area contributed by atoms with E-state index >= 15 is 0 Å². The first-order chi connectivity index (χ1) is 10.3. The van der Waals surface area contributed by atoms with Crippen molar-refractivity contribution in [3.05, 3.63) is 29.3 Å². The van der Waals surface area contributed by atoms with Gasteiger partial charge in [0.25, 0.3) is 0 Å². The van der Waals surface area contributed by atoms with Crippen molar-refractivity contribution < 1.29 is 27.1 Å². The number of carbonyl (C=O) groups is 1. The van der Waals surface area contributed by atoms with Gasteiger partial charge in [-0.25, -0.2) is 13.6 Å². The molecule has 0 saturated carbocycles. The van der Waals surface area contributed by atoms with E-state index < -0.39 is 35.1 Å². The van der Waals surface area contributed by atoms with E-state index in [9.17, 15) is 22.4 Å². The monoisotopic (exact) mass is 319 g/mol. The topological polar surface area (TPSA) is 29.5 Å². The van der Waals surface area contributed by atoms with E-state index in [0.717, 1.165) is 12.8 Å². The van der Waals surface area contributed by atoms with Crippen LogP contribution in [0.25, 0.3) is 0 Å². The number of carbonyl (C=O) groups excluding carboxylic acids is 1. The second-order valence-electron chi connectivity index (χ2n) is 5.73. The molecule has 1 aliphatic rings. The number of halogens is 4. The molecule has 1 fully saturated rings. The number of likely N-dealkylation sites (tertiary alicyclic amines) is 1. The van der Waals surface area contributed by atoms with Gasteiger partial charge in [-0.05, 0) is 24.7 Å². The molecule has 7 heteroatoms. The van der Waals surface area contributed by atoms with Gasteiger partial charge in [-0.1, -0.05) is 13.8 Å². The van der Waals surface area contributed by atoms with E-state index in [-0.39, 0.29) is 6.07 Å². The highest BCUT2D eigenvalue weighted by Crippen LogP contribution is 2.28. The lowest BCUT2D eigenvalue weighted by molar-refractivity contribution is 0.118. The van der Waals surface area contributed by atoms with Crippen LogP contribution in [0, 0.1) is 35.1 Å². The Morgan fingerprint density at radius 3 is 2.09 bits per heavy atom. The lowest BCUT2D eigenvalue weighted by atomic mass is 9.87. The molecule has 122 valence electrons. The summed E-state index contributed by atoms with van der Waals surface area (Å²) in [7, 11) is 0. The van der Waals surface area contributed by atoms with Crippen LogP contribution in [0.4, 0.5) is 22.4 Å². The number of hydrogen-bond donors (Lipinski definition) is 0. The quantitative estimate of drug-likeness (QED) is 0.606. The Balaban J connectivity index is 2.08. The highest BCUT2D eigenvalue weighted by molar-refractivity contribution is 5.71. The summed E-state index contributed by atoms with van der Waals surface area (Å²) in [4.78, 5) is 13.2. The minimum Gasteiger partial charge on any atom is -0.404 e. The smallest absolute Gasteiger partial charge is 0.404 e. The number of piperidine rings is 1. The van der Waals surface area contributed by atoms with Crippen LogP contribution in [0.2, 0.25) is 0 Å². The van der Waals surface area contributed by atoms with E-state index in [1.807, 2.05) is 0 Å². The van der Waals surface area contributed by atoms with Crippen molar-refractivity contribution in [3.63, 3.8) is 0 Å². The number of nitrogens with zero attached hydrogens (tertiary/aromatic N) is 1. The van der Waals surface area contributed by atoms with Crippen LogP contribution in [0.5, 0.6) is 5.75 Å². The van der Waals surface area contributed by atoms with Crippen molar-refractivity contribution in [1.29, 1.82) is 0 Å². The summed E-state index contributed by atoms with van der Waals surface area (Å²) in [5, 5.41) is 0. The zero-order valence-corrected chi connectivity index (χ0v) is 12.3. The van der Waals surface area contributed by atoms with Gasteiger partial charge in [0.2, 0.25) is 17.4 Å². The van der Waals surface area contributed by atoms with E-state index in [0.29, 0.717) is 24.9 Å². The first kappa shape index (κ1) is 16.6. The molecule has 0 atom stereocenters. The van der Waals surface area contributed by atoms with Crippen LogP contribution in [0.1, 0.15) is 26.7 Å². The third-order valence-corrected chi connectivity index (χ3v) is 4.00. The molecule has 0 unspecified atom stereocenters. The molecule has 1 aromatic carbocycles. The van der Waals surface area contributed by atoms with Crippen molar-refractivity contribution in [2.24, 2.45) is 11.8 Å². The molecule has 1 aliphatic heterocycles. The molecule has 0 radical (unpaired) electrons. The average molecular weight is 319 g/mol. The van der Waals surface area contributed by atoms with Gasteiger partial charge < -0.3 is 9.64 Å². The Morgan fingerprint density at radius 1 is 1.14 bits per heavy atom. The van der Waals surface area contributed by atoms with Crippen LogP contribution in [0.3, 0.4) is 0 Å². The second kappa shape index (κ2) is 6.54. The maximum atomic E-state index is 13.5. The number of hydrogen-bond acceptors (Lipinski definition) is 2. The lowest BCUT2D eigenvalue weighted by Gasteiger charge is -2.33. The van der Waals surface area contributed by atoms with Crippen LogP contribution >= 0.6 is 0 Å². The highest BCUT2D eigenvalue weighted by Gasteiger charge is 2.28. The SMILES string of the molecule is CC(C)C1CCN(C(=O)Oc2c(F)c(F)cc(F)c2F)CC1. The maximum absolute atomic E-state index is 13.5. The first-order valence-electron chi connectivity index (χ1n) is 7.11. The number of benzene rings is 1. The number of amides is 1. The molecular weight excluding hydrogens is 302 g/mol. The summed E-state index contributed by atoms with van der Waals surface area (Å²) in [6, 6.07) is 0.0656. The van der Waals surface area contributed by atoms with E-state index in [1.54, 1.807) is 0 Å². The van der Waals surface area contributed by atoms with Gasteiger partial charge in [-0.3, -0.25) is 0 Å². The maximum Gasteiger partial charge on any atom is 0.415 e. The summed E-state index contributed by atoms with van der Waals surface area (Å²) in [6.45, 7) is 4.92. The predicted octanol–water partition coefficient (Wildman–Crippen LogP) is 4.11. The van der Waals surface area contributed by atoms with E-state index in [1.165, 1.54) is 4.90 Å². The minimum atomic E-state index is -1.72. The van der Waals surface area contributed by atoms with Gasteiger partial charge in [-0.2, -0.15) is 8.78 Å². The van der Waals surface area contributed by atoms with Crippen LogP contribution < -0.4 is 4.74 Å². The third kappa shape index (κ3) is 3.34. The fourth-order valence-corrected chi connectivity index (χ4v) is 2.54. The molecule has 1 saturated heterocycles. The van der Waals surface area contributed by atoms with Crippen LogP contribution in [0.15, 0.2) is 6.07 Å². The normalized spacial score (nSPS) is 16.2. The Bertz CT molecular complexity index is 543. The molecule has 22 heavy (non-hydrogen) atoms. The highest BCUT2D eigenvalue weighted by atomic mass is 19.2. The van der Waals surface area contributed by atoms with E-state index in [2.05, 4.69) is 18.6 Å². The molecule has 0 N–H and O–H groups in total. The number of ether oxygens (including phenoxy) is 1. The Morgan fingerprint density at radius 2 is 1.64 bits per heavy atom. The summed E-state index contributed by atoms with van der Waals surface area (Å²) in [6.07, 6.45) is 0.481. The van der Waals surface area contributed by atoms with E-state index in [4.69, 9.17) is 0 Å². The summed E-state index contributed by atoms with van der Waals surface area (Å²) < 4.78 is 57.6. The zero-order valence-electron chi connectivity index (χ0n) is 12.3. The summed E-state index contributed by atoms with van der Waals surface area (Å²) >= 11 is 0. The first-order valence-corrected chi connectivity index (χ1v) is 7.11. The van der Waals surface area contributed by atoms with Gasteiger partial charge in [0, 0.05) is 19.2 Å². The van der Waals surface area contributed by atoms with Crippen molar-refractivity contribution in [3.8, 4) is 5.75 Å². The third-order valence-electron chi connectivity index (χ3n) is 4.00. The molecule has 1 amide bonds. The molecule has 0 bridgehead atoms. The molecule has 0 spiro atoms. The van der Waals surface area contributed by atoms with Gasteiger partial charge >= 0.3 is 6.09 Å². The number of rotatable bonds is 2. The summed E-state index contributed by atoms with van der Waals surface area (Å²) in [5.41, 5.74) is 0. The molecule has 1 aromatic rings. The van der Waals surface area contributed by atoms with Crippen LogP contribution in [-0.2, 0) is 0 Å². The largest absolute Gasteiger partial charge is 0.415 e. The minimum absolute atomic E-state index is 0.0656. The average Bonchev–Trinajstić information content (AvgIpc) is 2.49. The second-order valence-corrected chi connectivity index (χ2v) is 5.73. The molecule has 1 heterocycles. The van der Waals surface area contributed by atoms with Crippen molar-refractivity contribution in [2.45, 2.75) is 26.7 Å². The fraction of sp³-hybridized carbons (Fsp3) is 0.533. The predicted molar refractivity (Wildman–Crippen MR) is 71.4 cm³/mol. The van der Waals surface area contributed by atoms with Crippen molar-refractivity contribution in [2.75, 3.05) is 13.1 Å². The zero-order chi connectivity index (χ0) is 16.4. The van der Waals surface area contributed by atoms with Gasteiger partial charge in [-0.15, -0.1) is 0 Å². The van der Waals surface area contributed by atoms with Gasteiger partial charge in [0.1, 0.15) is 0 Å². The Labute approximate surface area is 125 Å². The summed E-state index contributed by atoms with van der Waals surface area (Å²) in [5.74, 6) is -7.06. The lowest BCUT2D eigenvalue weighted by Crippen LogP contribution is -2.41. The standard InChI is InChI=1S/C15H17F4NO2/c1-8(2)9-3-5-20(6-4-9)15(21)22-14-12(18)10(16)7-11(17)13(14)19/h7-9H,3-6H2,1-2H3. The Kier molecular flexibility index (Phi) is 4.93. The van der Waals surface area contributed by atoms with Crippen LogP contribution in [-0.4, -0.2) is 24.1 Å². The van der Waals surface area contributed by atoms with Crippen molar-refractivity contribution in [1.82, 2.24) is 4.90 Å². The molecule has 3 nitrogen and oxygen atoms in total.